The van der Waals surface area contributed by atoms with Crippen molar-refractivity contribution in [2.24, 2.45) is 10.9 Å². The Bertz CT molecular complexity index is 845. The molecule has 0 saturated carbocycles. The largest absolute Gasteiger partial charge is 0.490 e. The summed E-state index contributed by atoms with van der Waals surface area (Å²) >= 11 is 0. The van der Waals surface area contributed by atoms with Crippen molar-refractivity contribution < 1.29 is 18.3 Å². The van der Waals surface area contributed by atoms with Crippen LogP contribution in [0.4, 0.5) is 8.78 Å². The fourth-order valence-corrected chi connectivity index (χ4v) is 3.08. The van der Waals surface area contributed by atoms with E-state index in [9.17, 15) is 8.78 Å². The highest BCUT2D eigenvalue weighted by Crippen LogP contribution is 2.32. The van der Waals surface area contributed by atoms with E-state index in [-0.39, 0.29) is 36.3 Å². The Morgan fingerprint density at radius 3 is 2.58 bits per heavy atom. The quantitative estimate of drug-likeness (QED) is 0.264. The van der Waals surface area contributed by atoms with Crippen LogP contribution in [-0.2, 0) is 13.1 Å². The maximum Gasteiger partial charge on any atom is 0.387 e. The van der Waals surface area contributed by atoms with Crippen molar-refractivity contribution in [2.75, 3.05) is 20.2 Å². The molecule has 1 aromatic carbocycles. The fourth-order valence-electron chi connectivity index (χ4n) is 3.08. The Kier molecular flexibility index (Phi) is 11.6. The highest BCUT2D eigenvalue weighted by Gasteiger charge is 2.16. The molecule has 1 atom stereocenters. The van der Waals surface area contributed by atoms with Crippen LogP contribution in [-0.4, -0.2) is 42.6 Å². The number of ether oxygens (including phenoxy) is 2. The molecule has 0 aliphatic rings. The van der Waals surface area contributed by atoms with Crippen LogP contribution in [0.2, 0.25) is 0 Å². The number of nitrogens with zero attached hydrogens (tertiary/aromatic N) is 3. The van der Waals surface area contributed by atoms with Gasteiger partial charge < -0.3 is 20.1 Å². The first-order valence-electron chi connectivity index (χ1n) is 9.99. The van der Waals surface area contributed by atoms with Crippen LogP contribution in [0.5, 0.6) is 11.5 Å². The summed E-state index contributed by atoms with van der Waals surface area (Å²) in [4.78, 5) is 4.20. The second-order valence-electron chi connectivity index (χ2n) is 7.08. The van der Waals surface area contributed by atoms with Crippen molar-refractivity contribution in [2.45, 2.75) is 47.4 Å². The van der Waals surface area contributed by atoms with Gasteiger partial charge in [0.05, 0.1) is 12.3 Å². The molecule has 0 spiro atoms. The Labute approximate surface area is 199 Å². The number of rotatable bonds is 10. The van der Waals surface area contributed by atoms with Crippen LogP contribution in [0, 0.1) is 19.8 Å². The van der Waals surface area contributed by atoms with E-state index >= 15 is 0 Å². The SMILES string of the molecule is CCOc1cccc(CNC(=NC)NCC(C)Cn2nc(C)cc2C)c1OC(F)F.I. The molecule has 1 unspecified atom stereocenters. The zero-order valence-corrected chi connectivity index (χ0v) is 20.9. The lowest BCUT2D eigenvalue weighted by Crippen LogP contribution is -2.39. The summed E-state index contributed by atoms with van der Waals surface area (Å²) in [5.74, 6) is 1.20. The number of nitrogens with one attached hydrogen (secondary N) is 2. The molecule has 2 rings (SSSR count). The fraction of sp³-hybridized carbons (Fsp3) is 0.524. The van der Waals surface area contributed by atoms with Gasteiger partial charge in [0.25, 0.3) is 0 Å². The Hall–Kier alpha value is -2.11. The first-order valence-corrected chi connectivity index (χ1v) is 9.99. The first kappa shape index (κ1) is 26.9. The van der Waals surface area contributed by atoms with Gasteiger partial charge >= 0.3 is 6.61 Å². The van der Waals surface area contributed by atoms with Crippen LogP contribution in [0.15, 0.2) is 29.3 Å². The van der Waals surface area contributed by atoms with E-state index in [1.54, 1.807) is 32.2 Å². The minimum absolute atomic E-state index is 0. The summed E-state index contributed by atoms with van der Waals surface area (Å²) in [5.41, 5.74) is 2.68. The number of hydrogen-bond donors (Lipinski definition) is 2. The molecule has 7 nitrogen and oxygen atoms in total. The standard InChI is InChI=1S/C21H31F2N5O2.HI/c1-6-29-18-9-7-8-17(19(18)30-20(22)23)12-26-21(24-5)25-11-14(2)13-28-16(4)10-15(3)27-28;/h7-10,14,20H,6,11-13H2,1-5H3,(H2,24,25,26);1H. The van der Waals surface area contributed by atoms with Crippen LogP contribution < -0.4 is 20.1 Å². The summed E-state index contributed by atoms with van der Waals surface area (Å²) in [7, 11) is 1.66. The van der Waals surface area contributed by atoms with E-state index in [4.69, 9.17) is 9.47 Å². The number of hydrogen-bond acceptors (Lipinski definition) is 4. The molecule has 0 amide bonds. The van der Waals surface area contributed by atoms with Gasteiger partial charge in [0.1, 0.15) is 0 Å². The van der Waals surface area contributed by atoms with Gasteiger partial charge in [-0.25, -0.2) is 0 Å². The number of aliphatic imine (C=N–C) groups is 1. The molecule has 0 aliphatic heterocycles. The number of alkyl halides is 2. The molecule has 1 heterocycles. The van der Waals surface area contributed by atoms with Crippen molar-refractivity contribution in [3.05, 3.63) is 41.2 Å². The molecule has 0 radical (unpaired) electrons. The number of aryl methyl sites for hydroxylation is 2. The third kappa shape index (κ3) is 8.50. The van der Waals surface area contributed by atoms with Crippen molar-refractivity contribution in [1.29, 1.82) is 0 Å². The van der Waals surface area contributed by atoms with Crippen molar-refractivity contribution >= 4 is 29.9 Å². The van der Waals surface area contributed by atoms with Gasteiger partial charge in [-0.2, -0.15) is 13.9 Å². The molecule has 0 bridgehead atoms. The van der Waals surface area contributed by atoms with Crippen molar-refractivity contribution in [3.8, 4) is 11.5 Å². The second-order valence-corrected chi connectivity index (χ2v) is 7.08. The van der Waals surface area contributed by atoms with Crippen molar-refractivity contribution in [3.63, 3.8) is 0 Å². The summed E-state index contributed by atoms with van der Waals surface area (Å²) in [6.45, 7) is 7.07. The van der Waals surface area contributed by atoms with Gasteiger partial charge in [-0.1, -0.05) is 19.1 Å². The lowest BCUT2D eigenvalue weighted by Gasteiger charge is -2.18. The van der Waals surface area contributed by atoms with E-state index < -0.39 is 6.61 Å². The smallest absolute Gasteiger partial charge is 0.387 e. The average Bonchev–Trinajstić information content (AvgIpc) is 3.00. The number of benzene rings is 1. The van der Waals surface area contributed by atoms with E-state index in [1.165, 1.54) is 0 Å². The van der Waals surface area contributed by atoms with Crippen LogP contribution >= 0.6 is 24.0 Å². The lowest BCUT2D eigenvalue weighted by atomic mass is 10.1. The monoisotopic (exact) mass is 551 g/mol. The zero-order valence-electron chi connectivity index (χ0n) is 18.6. The molecule has 10 heteroatoms. The number of para-hydroxylation sites is 1. The maximum absolute atomic E-state index is 12.9. The van der Waals surface area contributed by atoms with Gasteiger partial charge in [-0.05, 0) is 38.8 Å². The van der Waals surface area contributed by atoms with Crippen molar-refractivity contribution in [1.82, 2.24) is 20.4 Å². The van der Waals surface area contributed by atoms with Crippen LogP contribution in [0.1, 0.15) is 30.8 Å². The molecule has 174 valence electrons. The Morgan fingerprint density at radius 2 is 2.00 bits per heavy atom. The number of aromatic nitrogens is 2. The van der Waals surface area contributed by atoms with Crippen LogP contribution in [0.25, 0.3) is 0 Å². The normalized spacial score (nSPS) is 12.3. The third-order valence-electron chi connectivity index (χ3n) is 4.44. The molecule has 31 heavy (non-hydrogen) atoms. The highest BCUT2D eigenvalue weighted by molar-refractivity contribution is 14.0. The number of halogens is 3. The van der Waals surface area contributed by atoms with Gasteiger partial charge in [-0.3, -0.25) is 9.67 Å². The van der Waals surface area contributed by atoms with Gasteiger partial charge in [-0.15, -0.1) is 24.0 Å². The molecule has 1 aromatic heterocycles. The molecule has 2 aromatic rings. The minimum Gasteiger partial charge on any atom is -0.490 e. The Balaban J connectivity index is 0.00000480. The average molecular weight is 551 g/mol. The lowest BCUT2D eigenvalue weighted by molar-refractivity contribution is -0.0520. The topological polar surface area (TPSA) is 72.7 Å². The molecule has 0 aliphatic carbocycles. The predicted molar refractivity (Wildman–Crippen MR) is 129 cm³/mol. The minimum atomic E-state index is -2.93. The van der Waals surface area contributed by atoms with Gasteiger partial charge in [0, 0.05) is 37.9 Å². The summed E-state index contributed by atoms with van der Waals surface area (Å²) in [6, 6.07) is 7.12. The summed E-state index contributed by atoms with van der Waals surface area (Å²) in [6.07, 6.45) is 0. The predicted octanol–water partition coefficient (Wildman–Crippen LogP) is 4.12. The molecule has 0 fully saturated rings. The van der Waals surface area contributed by atoms with Crippen LogP contribution in [0.3, 0.4) is 0 Å². The van der Waals surface area contributed by atoms with E-state index in [2.05, 4.69) is 33.7 Å². The summed E-state index contributed by atoms with van der Waals surface area (Å²) < 4.78 is 37.8. The third-order valence-corrected chi connectivity index (χ3v) is 4.44. The van der Waals surface area contributed by atoms with Gasteiger partial charge in [0.2, 0.25) is 0 Å². The zero-order chi connectivity index (χ0) is 22.1. The van der Waals surface area contributed by atoms with E-state index in [1.807, 2.05) is 18.5 Å². The number of guanidine groups is 1. The molecular formula is C21H32F2IN5O2. The molecule has 0 saturated heterocycles. The molecule has 2 N–H and O–H groups in total. The molecular weight excluding hydrogens is 519 g/mol. The van der Waals surface area contributed by atoms with Gasteiger partial charge in [0.15, 0.2) is 17.5 Å². The second kappa shape index (κ2) is 13.3. The Morgan fingerprint density at radius 1 is 1.26 bits per heavy atom. The first-order chi connectivity index (χ1) is 14.3. The van der Waals surface area contributed by atoms with E-state index in [0.717, 1.165) is 17.9 Å². The maximum atomic E-state index is 12.9. The van der Waals surface area contributed by atoms with E-state index in [0.29, 0.717) is 36.3 Å². The summed E-state index contributed by atoms with van der Waals surface area (Å²) in [5, 5.41) is 10.9. The highest BCUT2D eigenvalue weighted by atomic mass is 127.